The lowest BCUT2D eigenvalue weighted by atomic mass is 9.68. The molecule has 1 fully saturated rings. The summed E-state index contributed by atoms with van der Waals surface area (Å²) < 4.78 is 56.6. The predicted molar refractivity (Wildman–Crippen MR) is 171 cm³/mol. The van der Waals surface area contributed by atoms with Crippen LogP contribution in [0.2, 0.25) is 15.1 Å². The molecular formula is C30H34Cl3N3O4S2. The zero-order valence-electron chi connectivity index (χ0n) is 23.4. The van der Waals surface area contributed by atoms with E-state index in [4.69, 9.17) is 34.8 Å². The number of likely N-dealkylation sites (N-methyl/N-ethyl adjacent to an activating group) is 1. The van der Waals surface area contributed by atoms with Crippen LogP contribution in [0.3, 0.4) is 0 Å². The summed E-state index contributed by atoms with van der Waals surface area (Å²) in [6.07, 6.45) is 3.92. The molecule has 0 aromatic heterocycles. The topological polar surface area (TPSA) is 86.8 Å². The molecule has 2 atom stereocenters. The van der Waals surface area contributed by atoms with Crippen LogP contribution >= 0.6 is 34.8 Å². The van der Waals surface area contributed by atoms with Crippen LogP contribution in [0.4, 0.5) is 5.69 Å². The molecule has 3 aromatic rings. The van der Waals surface area contributed by atoms with Crippen LogP contribution in [0.15, 0.2) is 71.6 Å². The van der Waals surface area contributed by atoms with E-state index in [2.05, 4.69) is 11.4 Å². The molecule has 42 heavy (non-hydrogen) atoms. The van der Waals surface area contributed by atoms with Crippen LogP contribution in [-0.4, -0.2) is 60.1 Å². The average Bonchev–Trinajstić information content (AvgIpc) is 3.22. The normalized spacial score (nSPS) is 19.3. The molecule has 226 valence electrons. The van der Waals surface area contributed by atoms with E-state index >= 15 is 0 Å². The van der Waals surface area contributed by atoms with Gasteiger partial charge in [-0.2, -0.15) is 0 Å². The lowest BCUT2D eigenvalue weighted by Gasteiger charge is -2.42. The smallest absolute Gasteiger partial charge is 0.242 e. The molecule has 0 bridgehead atoms. The van der Waals surface area contributed by atoms with E-state index in [1.165, 1.54) is 22.7 Å². The zero-order valence-corrected chi connectivity index (χ0v) is 27.3. The quantitative estimate of drug-likeness (QED) is 0.289. The average molecular weight is 671 g/mol. The first-order valence-electron chi connectivity index (χ1n) is 13.8. The monoisotopic (exact) mass is 669 g/mol. The summed E-state index contributed by atoms with van der Waals surface area (Å²) in [7, 11) is -5.90. The van der Waals surface area contributed by atoms with Crippen molar-refractivity contribution in [3.05, 3.63) is 92.9 Å². The van der Waals surface area contributed by atoms with Gasteiger partial charge in [0.25, 0.3) is 0 Å². The summed E-state index contributed by atoms with van der Waals surface area (Å²) >= 11 is 18.7. The number of para-hydroxylation sites is 1. The van der Waals surface area contributed by atoms with Crippen molar-refractivity contribution in [2.24, 2.45) is 0 Å². The fourth-order valence-corrected chi connectivity index (χ4v) is 9.75. The molecule has 7 nitrogen and oxygen atoms in total. The molecule has 0 radical (unpaired) electrons. The fourth-order valence-electron chi connectivity index (χ4n) is 6.64. The second-order valence-corrected chi connectivity index (χ2v) is 16.3. The maximum atomic E-state index is 13.5. The third-order valence-electron chi connectivity index (χ3n) is 8.64. The Morgan fingerprint density at radius 1 is 0.952 bits per heavy atom. The van der Waals surface area contributed by atoms with Gasteiger partial charge in [-0.25, -0.2) is 21.1 Å². The van der Waals surface area contributed by atoms with Crippen molar-refractivity contribution < 1.29 is 16.8 Å². The number of hydrogen-bond acceptors (Lipinski definition) is 5. The summed E-state index contributed by atoms with van der Waals surface area (Å²) in [5, 5.41) is 4.54. The van der Waals surface area contributed by atoms with Crippen LogP contribution in [-0.2, 0) is 25.5 Å². The third kappa shape index (κ3) is 6.07. The number of rotatable bonds is 9. The summed E-state index contributed by atoms with van der Waals surface area (Å²) in [6, 6.07) is 19.0. The van der Waals surface area contributed by atoms with Gasteiger partial charge in [-0.15, -0.1) is 0 Å². The van der Waals surface area contributed by atoms with E-state index in [1.54, 1.807) is 35.6 Å². The second kappa shape index (κ2) is 12.3. The number of piperidine rings is 1. The Kier molecular flexibility index (Phi) is 9.22. The molecule has 2 aliphatic rings. The van der Waals surface area contributed by atoms with Gasteiger partial charge in [-0.05, 0) is 92.2 Å². The number of fused-ring (bicyclic) bond motifs is 2. The lowest BCUT2D eigenvalue weighted by molar-refractivity contribution is 0.257. The van der Waals surface area contributed by atoms with Crippen LogP contribution in [0.5, 0.6) is 0 Å². The molecule has 12 heteroatoms. The van der Waals surface area contributed by atoms with E-state index in [0.29, 0.717) is 27.9 Å². The van der Waals surface area contributed by atoms with Gasteiger partial charge < -0.3 is 5.32 Å². The third-order valence-corrected chi connectivity index (χ3v) is 12.6. The van der Waals surface area contributed by atoms with Crippen molar-refractivity contribution in [1.82, 2.24) is 9.62 Å². The molecule has 0 amide bonds. The van der Waals surface area contributed by atoms with Gasteiger partial charge in [0.15, 0.2) is 0 Å². The van der Waals surface area contributed by atoms with Crippen molar-refractivity contribution in [3.63, 3.8) is 0 Å². The first-order valence-corrected chi connectivity index (χ1v) is 18.2. The summed E-state index contributed by atoms with van der Waals surface area (Å²) in [4.78, 5) is 0.105. The highest BCUT2D eigenvalue weighted by Gasteiger charge is 2.53. The van der Waals surface area contributed by atoms with E-state index < -0.39 is 20.0 Å². The Morgan fingerprint density at radius 2 is 1.67 bits per heavy atom. The Bertz CT molecular complexity index is 1680. The number of benzene rings is 3. The highest BCUT2D eigenvalue weighted by molar-refractivity contribution is 7.92. The van der Waals surface area contributed by atoms with Crippen molar-refractivity contribution >= 4 is 60.5 Å². The number of nitrogens with zero attached hydrogens (tertiary/aromatic N) is 2. The number of halogens is 3. The minimum atomic E-state index is -3.85. The molecule has 3 aromatic carbocycles. The highest BCUT2D eigenvalue weighted by Crippen LogP contribution is 2.53. The van der Waals surface area contributed by atoms with Crippen LogP contribution in [0.25, 0.3) is 0 Å². The van der Waals surface area contributed by atoms with Crippen molar-refractivity contribution in [1.29, 1.82) is 0 Å². The molecule has 2 aliphatic heterocycles. The van der Waals surface area contributed by atoms with Crippen LogP contribution in [0.1, 0.15) is 42.7 Å². The molecular weight excluding hydrogens is 637 g/mol. The van der Waals surface area contributed by atoms with Gasteiger partial charge in [0.1, 0.15) is 0 Å². The van der Waals surface area contributed by atoms with Gasteiger partial charge in [0.05, 0.1) is 32.9 Å². The first-order chi connectivity index (χ1) is 19.8. The number of nitrogens with one attached hydrogen (secondary N) is 1. The minimum Gasteiger partial charge on any atom is -0.317 e. The number of sulfonamides is 2. The molecule has 1 unspecified atom stereocenters. The van der Waals surface area contributed by atoms with E-state index in [-0.39, 0.29) is 28.8 Å². The fraction of sp³-hybridized carbons (Fsp3) is 0.400. The van der Waals surface area contributed by atoms with E-state index in [0.717, 1.165) is 42.7 Å². The van der Waals surface area contributed by atoms with Gasteiger partial charge in [0, 0.05) is 24.0 Å². The maximum absolute atomic E-state index is 13.5. The lowest BCUT2D eigenvalue weighted by Crippen LogP contribution is -2.52. The molecule has 5 rings (SSSR count). The Balaban J connectivity index is 1.51. The Hall–Kier alpha value is -1.85. The second-order valence-electron chi connectivity index (χ2n) is 11.2. The number of hydrogen-bond donors (Lipinski definition) is 1. The molecule has 0 saturated carbocycles. The molecule has 1 saturated heterocycles. The van der Waals surface area contributed by atoms with Gasteiger partial charge in [-0.3, -0.25) is 4.31 Å². The summed E-state index contributed by atoms with van der Waals surface area (Å²) in [5.74, 6) is -0.289. The Labute approximate surface area is 263 Å². The van der Waals surface area contributed by atoms with Gasteiger partial charge in [0.2, 0.25) is 20.0 Å². The van der Waals surface area contributed by atoms with E-state index in [9.17, 15) is 16.8 Å². The standard InChI is InChI=1S/C30H34Cl3N3O4S2/c1-35(42(39,40)24-7-5-6-23(31)19-24)20-22(21-10-12-26(32)27(33)18-21)11-13-29-30(14-16-34-17-15-30)25-8-3-4-9-28(25)36(29)41(2,37)38/h3-10,12,18-19,22,29,34H,11,13-17,20H2,1-2H3/t22-,29?/m1/s1. The van der Waals surface area contributed by atoms with Crippen molar-refractivity contribution in [2.75, 3.05) is 37.2 Å². The molecule has 0 aliphatic carbocycles. The predicted octanol–water partition coefficient (Wildman–Crippen LogP) is 6.30. The van der Waals surface area contributed by atoms with Crippen molar-refractivity contribution in [3.8, 4) is 0 Å². The van der Waals surface area contributed by atoms with Crippen molar-refractivity contribution in [2.45, 2.75) is 48.0 Å². The maximum Gasteiger partial charge on any atom is 0.242 e. The SMILES string of the molecule is CN(C[C@@H](CCC1N(S(C)(=O)=O)c2ccccc2C12CCNCC2)c1ccc(Cl)c(Cl)c1)S(=O)(=O)c1cccc(Cl)c1. The molecule has 2 heterocycles. The summed E-state index contributed by atoms with van der Waals surface area (Å²) in [6.45, 7) is 1.73. The summed E-state index contributed by atoms with van der Waals surface area (Å²) in [5.41, 5.74) is 2.29. The molecule has 1 spiro atoms. The van der Waals surface area contributed by atoms with Gasteiger partial charge >= 0.3 is 0 Å². The Morgan fingerprint density at radius 3 is 2.33 bits per heavy atom. The number of anilines is 1. The molecule has 1 N–H and O–H groups in total. The minimum absolute atomic E-state index is 0.105. The zero-order chi connectivity index (χ0) is 30.3. The van der Waals surface area contributed by atoms with Crippen LogP contribution in [0, 0.1) is 0 Å². The van der Waals surface area contributed by atoms with Gasteiger partial charge in [-0.1, -0.05) is 65.1 Å². The largest absolute Gasteiger partial charge is 0.317 e. The van der Waals surface area contributed by atoms with Crippen LogP contribution < -0.4 is 9.62 Å². The van der Waals surface area contributed by atoms with E-state index in [1.807, 2.05) is 24.3 Å². The first kappa shape index (κ1) is 31.6. The highest BCUT2D eigenvalue weighted by atomic mass is 35.5.